The van der Waals surface area contributed by atoms with Crippen molar-refractivity contribution in [3.8, 4) is 0 Å². The van der Waals surface area contributed by atoms with Crippen molar-refractivity contribution < 1.29 is 19.5 Å². The van der Waals surface area contributed by atoms with Crippen LogP contribution in [0.5, 0.6) is 0 Å². The van der Waals surface area contributed by atoms with E-state index in [4.69, 9.17) is 10.1 Å². The van der Waals surface area contributed by atoms with E-state index < -0.39 is 5.97 Å². The van der Waals surface area contributed by atoms with Crippen LogP contribution in [0, 0.1) is 17.3 Å². The Kier molecular flexibility index (Phi) is 10.1. The third-order valence-corrected chi connectivity index (χ3v) is 8.37. The summed E-state index contributed by atoms with van der Waals surface area (Å²) in [5.41, 5.74) is 2.13. The van der Waals surface area contributed by atoms with Gasteiger partial charge in [0.15, 0.2) is 0 Å². The number of aliphatic carboxylic acids is 1. The van der Waals surface area contributed by atoms with E-state index in [-0.39, 0.29) is 42.8 Å². The van der Waals surface area contributed by atoms with Crippen LogP contribution in [0.1, 0.15) is 92.4 Å². The quantitative estimate of drug-likeness (QED) is 0.395. The predicted octanol–water partition coefficient (Wildman–Crippen LogP) is 5.47. The zero-order chi connectivity index (χ0) is 27.9. The normalized spacial score (nSPS) is 24.7. The Morgan fingerprint density at radius 1 is 1.16 bits per heavy atom. The molecule has 3 aliphatic rings. The Balaban J connectivity index is 1.72. The molecule has 1 unspecified atom stereocenters. The lowest BCUT2D eigenvalue weighted by Gasteiger charge is -2.47. The second-order valence-electron chi connectivity index (χ2n) is 12.8. The van der Waals surface area contributed by atoms with Crippen LogP contribution in [-0.2, 0) is 14.4 Å². The van der Waals surface area contributed by atoms with E-state index in [1.54, 1.807) is 6.21 Å². The van der Waals surface area contributed by atoms with Gasteiger partial charge >= 0.3 is 5.97 Å². The monoisotopic (exact) mass is 525 g/mol. The van der Waals surface area contributed by atoms with Crippen molar-refractivity contribution in [1.82, 2.24) is 10.2 Å². The fourth-order valence-electron chi connectivity index (χ4n) is 5.89. The summed E-state index contributed by atoms with van der Waals surface area (Å²) in [6.45, 7) is 12.2. The molecule has 38 heavy (non-hydrogen) atoms. The molecular weight excluding hydrogens is 478 g/mol. The molecule has 1 aliphatic heterocycles. The molecule has 1 spiro atoms. The fourth-order valence-corrected chi connectivity index (χ4v) is 5.89. The van der Waals surface area contributed by atoms with Crippen LogP contribution in [0.4, 0.5) is 0 Å². The first-order chi connectivity index (χ1) is 17.9. The lowest BCUT2D eigenvalue weighted by Crippen LogP contribution is -2.55. The number of nitrogens with one attached hydrogen (secondary N) is 1. The molecule has 3 rings (SSSR count). The molecule has 210 valence electrons. The molecule has 0 bridgehead atoms. The van der Waals surface area contributed by atoms with Crippen molar-refractivity contribution >= 4 is 24.0 Å². The Labute approximate surface area is 228 Å². The van der Waals surface area contributed by atoms with Gasteiger partial charge in [-0.05, 0) is 73.3 Å². The summed E-state index contributed by atoms with van der Waals surface area (Å²) in [7, 11) is 0. The first-order valence-corrected chi connectivity index (χ1v) is 14.3. The highest BCUT2D eigenvalue weighted by Crippen LogP contribution is 2.44. The molecule has 1 heterocycles. The SMILES string of the molecule is CC(C)CCC(C1=CCC=C(CC(=O)NCCC(=O)O)C=C1)N1CC2(CCC(C(C)(C)C)CC2)N=CC1=O. The van der Waals surface area contributed by atoms with Gasteiger partial charge in [-0.1, -0.05) is 58.9 Å². The Hall–Kier alpha value is -2.70. The Bertz CT molecular complexity index is 991. The number of aliphatic imine (C=N–C) groups is 1. The topological polar surface area (TPSA) is 99.1 Å². The minimum Gasteiger partial charge on any atom is -0.481 e. The summed E-state index contributed by atoms with van der Waals surface area (Å²) in [6, 6.07) is -0.0257. The highest BCUT2D eigenvalue weighted by atomic mass is 16.4. The second kappa shape index (κ2) is 12.9. The molecule has 2 N–H and O–H groups in total. The molecule has 0 radical (unpaired) electrons. The molecule has 2 amide bonds. The smallest absolute Gasteiger partial charge is 0.305 e. The van der Waals surface area contributed by atoms with Gasteiger partial charge in [0.25, 0.3) is 5.91 Å². The van der Waals surface area contributed by atoms with E-state index in [0.29, 0.717) is 30.2 Å². The standard InChI is InChI=1S/C31H47N3O4/c1-22(2)9-12-26(24-8-6-7-23(10-11-24)19-27(35)32-18-15-29(37)38)34-21-31(33-20-28(34)36)16-13-25(14-17-31)30(3,4)5/h7-8,10-11,20,22,25-26H,6,9,12-19,21H2,1-5H3,(H,32,35)(H,37,38). The van der Waals surface area contributed by atoms with E-state index in [1.807, 2.05) is 12.2 Å². The molecule has 1 atom stereocenters. The second-order valence-corrected chi connectivity index (χ2v) is 12.8. The first kappa shape index (κ1) is 29.9. The molecule has 7 nitrogen and oxygen atoms in total. The van der Waals surface area contributed by atoms with E-state index in [0.717, 1.165) is 49.7 Å². The minimum atomic E-state index is -0.929. The summed E-state index contributed by atoms with van der Waals surface area (Å²) >= 11 is 0. The van der Waals surface area contributed by atoms with Crippen LogP contribution >= 0.6 is 0 Å². The van der Waals surface area contributed by atoms with Gasteiger partial charge in [-0.3, -0.25) is 19.4 Å². The third-order valence-electron chi connectivity index (χ3n) is 8.37. The number of carboxylic acid groups (broad SMARTS) is 1. The summed E-state index contributed by atoms with van der Waals surface area (Å²) < 4.78 is 0. The number of amides is 2. The van der Waals surface area contributed by atoms with Crippen LogP contribution < -0.4 is 5.32 Å². The maximum Gasteiger partial charge on any atom is 0.305 e. The summed E-state index contributed by atoms with van der Waals surface area (Å²) in [5.74, 6) is 0.0933. The van der Waals surface area contributed by atoms with Crippen molar-refractivity contribution in [3.63, 3.8) is 0 Å². The van der Waals surface area contributed by atoms with Gasteiger partial charge in [-0.2, -0.15) is 0 Å². The number of nitrogens with zero attached hydrogens (tertiary/aromatic N) is 2. The minimum absolute atomic E-state index is 0.00753. The van der Waals surface area contributed by atoms with Gasteiger partial charge < -0.3 is 15.3 Å². The number of carboxylic acids is 1. The lowest BCUT2D eigenvalue weighted by atomic mass is 9.67. The van der Waals surface area contributed by atoms with Gasteiger partial charge in [0.2, 0.25) is 5.91 Å². The van der Waals surface area contributed by atoms with Gasteiger partial charge in [0, 0.05) is 13.1 Å². The van der Waals surface area contributed by atoms with Crippen molar-refractivity contribution in [2.24, 2.45) is 22.2 Å². The van der Waals surface area contributed by atoms with Crippen molar-refractivity contribution in [3.05, 3.63) is 35.5 Å². The molecule has 0 aromatic carbocycles. The average Bonchev–Trinajstić information content (AvgIpc) is 3.06. The lowest BCUT2D eigenvalue weighted by molar-refractivity contribution is -0.137. The van der Waals surface area contributed by atoms with Gasteiger partial charge in [-0.25, -0.2) is 0 Å². The zero-order valence-corrected chi connectivity index (χ0v) is 24.0. The largest absolute Gasteiger partial charge is 0.481 e. The van der Waals surface area contributed by atoms with E-state index in [2.05, 4.69) is 57.0 Å². The van der Waals surface area contributed by atoms with Crippen LogP contribution in [-0.4, -0.2) is 58.7 Å². The van der Waals surface area contributed by atoms with Gasteiger partial charge in [-0.15, -0.1) is 0 Å². The molecule has 0 saturated heterocycles. The summed E-state index contributed by atoms with van der Waals surface area (Å²) in [5, 5.41) is 11.5. The van der Waals surface area contributed by atoms with Crippen molar-refractivity contribution in [2.45, 2.75) is 104 Å². The number of rotatable bonds is 10. The van der Waals surface area contributed by atoms with Crippen LogP contribution in [0.2, 0.25) is 0 Å². The molecule has 1 saturated carbocycles. The van der Waals surface area contributed by atoms with E-state index in [1.165, 1.54) is 0 Å². The molecule has 2 aliphatic carbocycles. The van der Waals surface area contributed by atoms with Crippen molar-refractivity contribution in [1.29, 1.82) is 0 Å². The number of carbonyl (C=O) groups is 3. The van der Waals surface area contributed by atoms with Crippen molar-refractivity contribution in [2.75, 3.05) is 13.1 Å². The van der Waals surface area contributed by atoms with Crippen LogP contribution in [0.25, 0.3) is 0 Å². The summed E-state index contributed by atoms with van der Waals surface area (Å²) in [6.07, 6.45) is 16.9. The Morgan fingerprint density at radius 3 is 2.50 bits per heavy atom. The van der Waals surface area contributed by atoms with Gasteiger partial charge in [0.05, 0.1) is 30.6 Å². The number of hydrogen-bond acceptors (Lipinski definition) is 4. The number of allylic oxidation sites excluding steroid dienone is 3. The zero-order valence-electron chi connectivity index (χ0n) is 24.0. The maximum absolute atomic E-state index is 13.2. The molecular formula is C31H47N3O4. The molecule has 0 aromatic heterocycles. The highest BCUT2D eigenvalue weighted by molar-refractivity contribution is 6.27. The summed E-state index contributed by atoms with van der Waals surface area (Å²) in [4.78, 5) is 43.1. The van der Waals surface area contributed by atoms with Crippen LogP contribution in [0.3, 0.4) is 0 Å². The van der Waals surface area contributed by atoms with Gasteiger partial charge in [0.1, 0.15) is 0 Å². The maximum atomic E-state index is 13.2. The predicted molar refractivity (Wildman–Crippen MR) is 152 cm³/mol. The van der Waals surface area contributed by atoms with E-state index in [9.17, 15) is 14.4 Å². The first-order valence-electron chi connectivity index (χ1n) is 14.3. The fraction of sp³-hybridized carbons (Fsp3) is 0.677. The average molecular weight is 526 g/mol. The van der Waals surface area contributed by atoms with Crippen LogP contribution in [0.15, 0.2) is 40.4 Å². The molecule has 7 heteroatoms. The Morgan fingerprint density at radius 2 is 1.87 bits per heavy atom. The van der Waals surface area contributed by atoms with E-state index >= 15 is 0 Å². The highest BCUT2D eigenvalue weighted by Gasteiger charge is 2.43. The molecule has 1 fully saturated rings. The third kappa shape index (κ3) is 8.40. The molecule has 0 aromatic rings. The number of hydrogen-bond donors (Lipinski definition) is 2. The number of carbonyl (C=O) groups excluding carboxylic acids is 2.